The highest BCUT2D eigenvalue weighted by Crippen LogP contribution is 2.29. The van der Waals surface area contributed by atoms with Crippen molar-refractivity contribution in [3.05, 3.63) is 61.2 Å². The number of hydrogen-bond donors (Lipinski definition) is 3. The van der Waals surface area contributed by atoms with Gasteiger partial charge in [0.1, 0.15) is 6.07 Å². The summed E-state index contributed by atoms with van der Waals surface area (Å²) >= 11 is 0. The highest BCUT2D eigenvalue weighted by Gasteiger charge is 2.30. The van der Waals surface area contributed by atoms with Gasteiger partial charge in [0.15, 0.2) is 0 Å². The molecule has 5 rings (SSSR count). The van der Waals surface area contributed by atoms with Gasteiger partial charge in [0.05, 0.1) is 23.5 Å². The number of amides is 1. The number of rotatable bonds is 9. The normalized spacial score (nSPS) is 19.7. The van der Waals surface area contributed by atoms with Gasteiger partial charge in [-0.2, -0.15) is 10.4 Å². The highest BCUT2D eigenvalue weighted by atomic mass is 16.1. The van der Waals surface area contributed by atoms with Crippen LogP contribution in [-0.4, -0.2) is 62.3 Å². The van der Waals surface area contributed by atoms with Crippen molar-refractivity contribution in [3.8, 4) is 17.2 Å². The molecule has 2 fully saturated rings. The first-order valence-corrected chi connectivity index (χ1v) is 13.1. The molecule has 1 amide bonds. The number of piperidine rings is 1. The van der Waals surface area contributed by atoms with Crippen molar-refractivity contribution < 1.29 is 4.79 Å². The van der Waals surface area contributed by atoms with Gasteiger partial charge >= 0.3 is 0 Å². The minimum Gasteiger partial charge on any atom is -0.381 e. The number of benzene rings is 1. The van der Waals surface area contributed by atoms with Gasteiger partial charge in [-0.05, 0) is 56.5 Å². The number of nitrogens with zero attached hydrogens (tertiary/aromatic N) is 6. The molecule has 2 aromatic heterocycles. The van der Waals surface area contributed by atoms with Gasteiger partial charge in [-0.1, -0.05) is 13.5 Å². The van der Waals surface area contributed by atoms with Gasteiger partial charge in [-0.25, -0.2) is 9.97 Å². The summed E-state index contributed by atoms with van der Waals surface area (Å²) in [7, 11) is 0. The summed E-state index contributed by atoms with van der Waals surface area (Å²) in [5.41, 5.74) is 3.99. The fourth-order valence-electron chi connectivity index (χ4n) is 5.03. The van der Waals surface area contributed by atoms with Crippen LogP contribution in [0, 0.1) is 11.3 Å². The molecule has 2 aliphatic rings. The van der Waals surface area contributed by atoms with E-state index in [1.54, 1.807) is 18.5 Å². The second-order valence-electron chi connectivity index (χ2n) is 9.89. The van der Waals surface area contributed by atoms with Crippen molar-refractivity contribution in [2.24, 2.45) is 0 Å². The second-order valence-corrected chi connectivity index (χ2v) is 9.89. The third kappa shape index (κ3) is 5.84. The molecule has 3 N–H and O–H groups in total. The predicted molar refractivity (Wildman–Crippen MR) is 147 cm³/mol. The van der Waals surface area contributed by atoms with Crippen molar-refractivity contribution in [2.75, 3.05) is 30.3 Å². The summed E-state index contributed by atoms with van der Waals surface area (Å²) in [6, 6.07) is 8.47. The molecule has 1 aliphatic carbocycles. The Kier molecular flexibility index (Phi) is 7.65. The van der Waals surface area contributed by atoms with Crippen LogP contribution in [0.3, 0.4) is 0 Å². The van der Waals surface area contributed by atoms with Gasteiger partial charge in [0, 0.05) is 60.6 Å². The fraction of sp³-hybridized carbons (Fsp3) is 0.393. The Bertz CT molecular complexity index is 1310. The Balaban J connectivity index is 1.19. The maximum Gasteiger partial charge on any atom is 0.243 e. The predicted octanol–water partition coefficient (Wildman–Crippen LogP) is 3.86. The van der Waals surface area contributed by atoms with E-state index in [1.165, 1.54) is 6.08 Å². The van der Waals surface area contributed by atoms with E-state index in [0.29, 0.717) is 17.6 Å². The van der Waals surface area contributed by atoms with Crippen LogP contribution in [0.2, 0.25) is 0 Å². The lowest BCUT2D eigenvalue weighted by Crippen LogP contribution is -2.49. The Morgan fingerprint density at radius 2 is 1.92 bits per heavy atom. The first-order chi connectivity index (χ1) is 18.5. The quantitative estimate of drug-likeness (QED) is 0.370. The molecule has 0 bridgehead atoms. The molecule has 10 heteroatoms. The smallest absolute Gasteiger partial charge is 0.243 e. The fourth-order valence-corrected chi connectivity index (χ4v) is 5.03. The monoisotopic (exact) mass is 511 g/mol. The van der Waals surface area contributed by atoms with E-state index < -0.39 is 0 Å². The zero-order valence-electron chi connectivity index (χ0n) is 21.6. The molecule has 3 heterocycles. The number of anilines is 3. The zero-order valence-corrected chi connectivity index (χ0v) is 21.6. The first-order valence-electron chi connectivity index (χ1n) is 13.1. The average molecular weight is 512 g/mol. The van der Waals surface area contributed by atoms with Crippen LogP contribution in [0.25, 0.3) is 11.1 Å². The molecule has 1 saturated carbocycles. The standard InChI is InChI=1S/C28H33N9O/c1-3-27(38)34-24-11-23(12-24)33-26-13-22(6-5-19(26)14-29)35-28-30-15-20(16-31-28)21-17-32-37(18-21)25-7-9-36(4-2)10-8-25/h3,5-6,13,15-18,23-25,33H,1,4,7-12H2,2H3,(H,34,38)(H,30,31,35). The molecule has 0 unspecified atom stereocenters. The molecule has 0 spiro atoms. The van der Waals surface area contributed by atoms with Crippen molar-refractivity contribution in [3.63, 3.8) is 0 Å². The van der Waals surface area contributed by atoms with Crippen molar-refractivity contribution in [1.82, 2.24) is 30.0 Å². The summed E-state index contributed by atoms with van der Waals surface area (Å²) in [6.07, 6.45) is 12.7. The molecular weight excluding hydrogens is 478 g/mol. The van der Waals surface area contributed by atoms with E-state index in [2.05, 4.69) is 66.4 Å². The van der Waals surface area contributed by atoms with Crippen LogP contribution in [0.4, 0.5) is 17.3 Å². The largest absolute Gasteiger partial charge is 0.381 e. The van der Waals surface area contributed by atoms with E-state index in [1.807, 2.05) is 18.3 Å². The van der Waals surface area contributed by atoms with Gasteiger partial charge in [0.25, 0.3) is 0 Å². The SMILES string of the molecule is C=CC(=O)NC1CC(Nc2cc(Nc3ncc(-c4cnn(C5CCN(CC)CC5)c4)cn3)ccc2C#N)C1. The van der Waals surface area contributed by atoms with E-state index in [4.69, 9.17) is 0 Å². The number of carbonyl (C=O) groups excluding carboxylic acids is 1. The lowest BCUT2D eigenvalue weighted by atomic mass is 9.86. The van der Waals surface area contributed by atoms with Gasteiger partial charge in [0.2, 0.25) is 11.9 Å². The minimum absolute atomic E-state index is 0.123. The molecule has 196 valence electrons. The number of aromatic nitrogens is 4. The maximum absolute atomic E-state index is 11.5. The molecular formula is C28H33N9O. The van der Waals surface area contributed by atoms with Crippen LogP contribution >= 0.6 is 0 Å². The summed E-state index contributed by atoms with van der Waals surface area (Å²) in [4.78, 5) is 22.9. The second kappa shape index (κ2) is 11.4. The lowest BCUT2D eigenvalue weighted by Gasteiger charge is -2.37. The number of nitriles is 1. The summed E-state index contributed by atoms with van der Waals surface area (Å²) in [5.74, 6) is 0.310. The van der Waals surface area contributed by atoms with Crippen molar-refractivity contribution in [1.29, 1.82) is 5.26 Å². The van der Waals surface area contributed by atoms with Gasteiger partial charge < -0.3 is 20.9 Å². The minimum atomic E-state index is -0.162. The molecule has 1 aliphatic heterocycles. The molecule has 1 aromatic carbocycles. The Hall–Kier alpha value is -4.23. The van der Waals surface area contributed by atoms with Crippen LogP contribution in [0.15, 0.2) is 55.6 Å². The zero-order chi connectivity index (χ0) is 26.5. The maximum atomic E-state index is 11.5. The van der Waals surface area contributed by atoms with Gasteiger partial charge in [-0.3, -0.25) is 9.48 Å². The Labute approximate surface area is 222 Å². The van der Waals surface area contributed by atoms with Crippen LogP contribution < -0.4 is 16.0 Å². The van der Waals surface area contributed by atoms with Crippen molar-refractivity contribution >= 4 is 23.2 Å². The number of hydrogen-bond acceptors (Lipinski definition) is 8. The molecule has 10 nitrogen and oxygen atoms in total. The lowest BCUT2D eigenvalue weighted by molar-refractivity contribution is -0.117. The third-order valence-corrected chi connectivity index (χ3v) is 7.39. The summed E-state index contributed by atoms with van der Waals surface area (Å²) < 4.78 is 2.08. The Morgan fingerprint density at radius 1 is 1.16 bits per heavy atom. The van der Waals surface area contributed by atoms with E-state index in [9.17, 15) is 10.1 Å². The van der Waals surface area contributed by atoms with E-state index in [0.717, 1.165) is 67.8 Å². The van der Waals surface area contributed by atoms with Crippen LogP contribution in [-0.2, 0) is 4.79 Å². The number of carbonyl (C=O) groups is 1. The van der Waals surface area contributed by atoms with E-state index >= 15 is 0 Å². The molecule has 1 saturated heterocycles. The van der Waals surface area contributed by atoms with Crippen molar-refractivity contribution in [2.45, 2.75) is 50.7 Å². The topological polar surface area (TPSA) is 124 Å². The first kappa shape index (κ1) is 25.4. The number of likely N-dealkylation sites (tertiary alicyclic amines) is 1. The third-order valence-electron chi connectivity index (χ3n) is 7.39. The molecule has 38 heavy (non-hydrogen) atoms. The Morgan fingerprint density at radius 3 is 2.61 bits per heavy atom. The van der Waals surface area contributed by atoms with Crippen LogP contribution in [0.1, 0.15) is 44.2 Å². The van der Waals surface area contributed by atoms with E-state index in [-0.39, 0.29) is 18.0 Å². The molecule has 3 aromatic rings. The van der Waals surface area contributed by atoms with Crippen LogP contribution in [0.5, 0.6) is 0 Å². The molecule has 0 radical (unpaired) electrons. The average Bonchev–Trinajstić information content (AvgIpc) is 3.43. The molecule has 0 atom stereocenters. The summed E-state index contributed by atoms with van der Waals surface area (Å²) in [6.45, 7) is 9.02. The number of nitrogens with one attached hydrogen (secondary N) is 3. The highest BCUT2D eigenvalue weighted by molar-refractivity contribution is 5.87. The van der Waals surface area contributed by atoms with Gasteiger partial charge in [-0.15, -0.1) is 0 Å². The summed E-state index contributed by atoms with van der Waals surface area (Å²) in [5, 5.41) is 23.7.